The summed E-state index contributed by atoms with van der Waals surface area (Å²) in [6.45, 7) is 1.18. The zero-order valence-electron chi connectivity index (χ0n) is 8.58. The van der Waals surface area contributed by atoms with Crippen molar-refractivity contribution in [2.75, 3.05) is 13.2 Å². The van der Waals surface area contributed by atoms with Crippen LogP contribution in [0.2, 0.25) is 0 Å². The van der Waals surface area contributed by atoms with E-state index in [4.69, 9.17) is 4.74 Å². The minimum Gasteiger partial charge on any atom is -0.389 e. The summed E-state index contributed by atoms with van der Waals surface area (Å²) >= 11 is 0. The zero-order valence-corrected chi connectivity index (χ0v) is 8.58. The monoisotopic (exact) mass is 210 g/mol. The van der Waals surface area contributed by atoms with Gasteiger partial charge in [-0.2, -0.15) is 0 Å². The average molecular weight is 210 g/mol. The molecule has 1 aliphatic heterocycles. The minimum atomic E-state index is -0.716. The molecule has 1 aromatic carbocycles. The molecule has 0 bridgehead atoms. The molecule has 1 fully saturated rings. The molecule has 3 heteroatoms. The first-order valence-electron chi connectivity index (χ1n) is 5.23. The first kappa shape index (κ1) is 10.6. The summed E-state index contributed by atoms with van der Waals surface area (Å²) < 4.78 is 18.1. The van der Waals surface area contributed by atoms with Crippen LogP contribution in [-0.4, -0.2) is 23.9 Å². The van der Waals surface area contributed by atoms with Gasteiger partial charge in [-0.1, -0.05) is 12.1 Å². The summed E-state index contributed by atoms with van der Waals surface area (Å²) in [4.78, 5) is 0. The van der Waals surface area contributed by atoms with Crippen molar-refractivity contribution in [2.24, 2.45) is 0 Å². The van der Waals surface area contributed by atoms with Gasteiger partial charge in [0.15, 0.2) is 0 Å². The maximum Gasteiger partial charge on any atom is 0.123 e. The van der Waals surface area contributed by atoms with Gasteiger partial charge < -0.3 is 9.84 Å². The molecule has 1 aromatic rings. The molecular weight excluding hydrogens is 195 g/mol. The van der Waals surface area contributed by atoms with E-state index in [1.165, 1.54) is 12.1 Å². The van der Waals surface area contributed by atoms with Gasteiger partial charge in [0.25, 0.3) is 0 Å². The van der Waals surface area contributed by atoms with E-state index in [0.717, 1.165) is 5.56 Å². The van der Waals surface area contributed by atoms with E-state index in [0.29, 0.717) is 32.5 Å². The second-order valence-electron chi connectivity index (χ2n) is 4.14. The molecule has 0 atom stereocenters. The summed E-state index contributed by atoms with van der Waals surface area (Å²) in [6.07, 6.45) is 1.77. The highest BCUT2D eigenvalue weighted by Crippen LogP contribution is 2.25. The molecule has 2 rings (SSSR count). The van der Waals surface area contributed by atoms with E-state index in [1.54, 1.807) is 6.07 Å². The second-order valence-corrected chi connectivity index (χ2v) is 4.14. The van der Waals surface area contributed by atoms with E-state index >= 15 is 0 Å². The average Bonchev–Trinajstić information content (AvgIpc) is 2.18. The number of ether oxygens (including phenoxy) is 1. The lowest BCUT2D eigenvalue weighted by atomic mass is 9.87. The number of halogens is 1. The predicted octanol–water partition coefficient (Wildman–Crippen LogP) is 1.91. The molecule has 1 N–H and O–H groups in total. The largest absolute Gasteiger partial charge is 0.389 e. The molecule has 1 aliphatic rings. The highest BCUT2D eigenvalue weighted by Gasteiger charge is 2.29. The van der Waals surface area contributed by atoms with E-state index in [-0.39, 0.29) is 5.82 Å². The molecule has 0 saturated carbocycles. The van der Waals surface area contributed by atoms with Gasteiger partial charge in [-0.05, 0) is 30.5 Å². The lowest BCUT2D eigenvalue weighted by Gasteiger charge is -2.32. The van der Waals surface area contributed by atoms with Crippen molar-refractivity contribution in [3.63, 3.8) is 0 Å². The van der Waals surface area contributed by atoms with Gasteiger partial charge in [-0.25, -0.2) is 4.39 Å². The Morgan fingerprint density at radius 2 is 2.07 bits per heavy atom. The van der Waals surface area contributed by atoms with Gasteiger partial charge in [0, 0.05) is 19.6 Å². The Kier molecular flexibility index (Phi) is 3.03. The van der Waals surface area contributed by atoms with E-state index < -0.39 is 5.60 Å². The van der Waals surface area contributed by atoms with Crippen LogP contribution in [0.3, 0.4) is 0 Å². The number of hydrogen-bond donors (Lipinski definition) is 1. The quantitative estimate of drug-likeness (QED) is 0.808. The van der Waals surface area contributed by atoms with Crippen molar-refractivity contribution in [3.8, 4) is 0 Å². The molecule has 0 radical (unpaired) electrons. The van der Waals surface area contributed by atoms with Crippen molar-refractivity contribution in [3.05, 3.63) is 35.6 Å². The summed E-state index contributed by atoms with van der Waals surface area (Å²) in [6, 6.07) is 6.41. The molecule has 1 heterocycles. The summed E-state index contributed by atoms with van der Waals surface area (Å²) in [7, 11) is 0. The van der Waals surface area contributed by atoms with Gasteiger partial charge in [0.2, 0.25) is 0 Å². The third-order valence-electron chi connectivity index (χ3n) is 2.85. The Morgan fingerprint density at radius 1 is 1.33 bits per heavy atom. The van der Waals surface area contributed by atoms with Crippen LogP contribution < -0.4 is 0 Å². The van der Waals surface area contributed by atoms with E-state index in [1.807, 2.05) is 6.07 Å². The number of benzene rings is 1. The topological polar surface area (TPSA) is 29.5 Å². The Labute approximate surface area is 88.7 Å². The third kappa shape index (κ3) is 2.76. The molecule has 82 valence electrons. The highest BCUT2D eigenvalue weighted by atomic mass is 19.1. The fourth-order valence-electron chi connectivity index (χ4n) is 1.96. The molecule has 0 unspecified atom stereocenters. The smallest absolute Gasteiger partial charge is 0.123 e. The van der Waals surface area contributed by atoms with Crippen LogP contribution in [-0.2, 0) is 11.2 Å². The van der Waals surface area contributed by atoms with Crippen LogP contribution in [0.15, 0.2) is 24.3 Å². The molecule has 0 amide bonds. The lowest BCUT2D eigenvalue weighted by Crippen LogP contribution is -2.38. The Bertz CT molecular complexity index is 332. The third-order valence-corrected chi connectivity index (χ3v) is 2.85. The fourth-order valence-corrected chi connectivity index (χ4v) is 1.96. The van der Waals surface area contributed by atoms with Gasteiger partial charge >= 0.3 is 0 Å². The Morgan fingerprint density at radius 3 is 2.73 bits per heavy atom. The Hall–Kier alpha value is -0.930. The summed E-state index contributed by atoms with van der Waals surface area (Å²) in [5.41, 5.74) is 0.130. The van der Waals surface area contributed by atoms with Crippen LogP contribution in [0, 0.1) is 5.82 Å². The normalized spacial score (nSPS) is 20.1. The number of aliphatic hydroxyl groups is 1. The first-order valence-corrected chi connectivity index (χ1v) is 5.23. The maximum atomic E-state index is 12.9. The van der Waals surface area contributed by atoms with Crippen LogP contribution in [0.5, 0.6) is 0 Å². The maximum absolute atomic E-state index is 12.9. The second kappa shape index (κ2) is 4.29. The zero-order chi connectivity index (χ0) is 10.7. The SMILES string of the molecule is OC1(Cc2cccc(F)c2)CCOCC1. The Balaban J connectivity index is 2.06. The van der Waals surface area contributed by atoms with Gasteiger partial charge in [0.1, 0.15) is 5.82 Å². The molecule has 0 aliphatic carbocycles. The lowest BCUT2D eigenvalue weighted by molar-refractivity contribution is -0.0626. The van der Waals surface area contributed by atoms with Crippen molar-refractivity contribution >= 4 is 0 Å². The molecule has 15 heavy (non-hydrogen) atoms. The van der Waals surface area contributed by atoms with Gasteiger partial charge in [-0.15, -0.1) is 0 Å². The fraction of sp³-hybridized carbons (Fsp3) is 0.500. The van der Waals surface area contributed by atoms with Crippen molar-refractivity contribution in [1.82, 2.24) is 0 Å². The number of rotatable bonds is 2. The molecule has 0 spiro atoms. The van der Waals surface area contributed by atoms with Gasteiger partial charge in [0.05, 0.1) is 5.60 Å². The minimum absolute atomic E-state index is 0.247. The van der Waals surface area contributed by atoms with E-state index in [9.17, 15) is 9.50 Å². The van der Waals surface area contributed by atoms with Crippen molar-refractivity contribution in [1.29, 1.82) is 0 Å². The van der Waals surface area contributed by atoms with Crippen LogP contribution in [0.1, 0.15) is 18.4 Å². The van der Waals surface area contributed by atoms with Crippen LogP contribution in [0.25, 0.3) is 0 Å². The van der Waals surface area contributed by atoms with Crippen molar-refractivity contribution in [2.45, 2.75) is 24.9 Å². The first-order chi connectivity index (χ1) is 7.18. The molecule has 1 saturated heterocycles. The summed E-state index contributed by atoms with van der Waals surface area (Å²) in [5, 5.41) is 10.2. The standard InChI is InChI=1S/C12H15FO2/c13-11-3-1-2-10(8-11)9-12(14)4-6-15-7-5-12/h1-3,8,14H,4-7,9H2. The molecule has 0 aromatic heterocycles. The molecular formula is C12H15FO2. The summed E-state index contributed by atoms with van der Waals surface area (Å²) in [5.74, 6) is -0.247. The number of hydrogen-bond acceptors (Lipinski definition) is 2. The molecule has 2 nitrogen and oxygen atoms in total. The van der Waals surface area contributed by atoms with Crippen LogP contribution >= 0.6 is 0 Å². The van der Waals surface area contributed by atoms with E-state index in [2.05, 4.69) is 0 Å². The van der Waals surface area contributed by atoms with Crippen molar-refractivity contribution < 1.29 is 14.2 Å². The van der Waals surface area contributed by atoms with Crippen LogP contribution in [0.4, 0.5) is 4.39 Å². The predicted molar refractivity (Wildman–Crippen MR) is 55.1 cm³/mol. The van der Waals surface area contributed by atoms with Gasteiger partial charge in [-0.3, -0.25) is 0 Å². The highest BCUT2D eigenvalue weighted by molar-refractivity contribution is 5.18.